The lowest BCUT2D eigenvalue weighted by Crippen LogP contribution is -2.44. The largest absolute Gasteiger partial charge is 0.460 e. The van der Waals surface area contributed by atoms with E-state index < -0.39 is 0 Å². The van der Waals surface area contributed by atoms with Gasteiger partial charge in [-0.05, 0) is 15.9 Å². The number of ether oxygens (including phenoxy) is 1. The first-order chi connectivity index (χ1) is 6.70. The molecule has 0 aliphatic carbocycles. The molecule has 0 unspecified atom stereocenters. The standard InChI is InChI=1S/C9H15BrN2O2/c1-8(10)9(13)14-7-6-12-4-2-11-3-5-12/h11H,1-7H2. The summed E-state index contributed by atoms with van der Waals surface area (Å²) in [4.78, 5) is 13.2. The highest BCUT2D eigenvalue weighted by molar-refractivity contribution is 9.12. The molecule has 4 nitrogen and oxygen atoms in total. The fourth-order valence-corrected chi connectivity index (χ4v) is 1.39. The van der Waals surface area contributed by atoms with E-state index in [9.17, 15) is 4.79 Å². The predicted molar refractivity (Wildman–Crippen MR) is 58.3 cm³/mol. The van der Waals surface area contributed by atoms with Gasteiger partial charge < -0.3 is 10.1 Å². The van der Waals surface area contributed by atoms with Crippen molar-refractivity contribution in [2.24, 2.45) is 0 Å². The summed E-state index contributed by atoms with van der Waals surface area (Å²) in [7, 11) is 0. The number of rotatable bonds is 4. The minimum Gasteiger partial charge on any atom is -0.460 e. The predicted octanol–water partition coefficient (Wildman–Crippen LogP) is 0.343. The van der Waals surface area contributed by atoms with Crippen LogP contribution in [0.15, 0.2) is 11.1 Å². The van der Waals surface area contributed by atoms with Gasteiger partial charge >= 0.3 is 5.97 Å². The van der Waals surface area contributed by atoms with Gasteiger partial charge in [0.25, 0.3) is 0 Å². The van der Waals surface area contributed by atoms with Crippen molar-refractivity contribution in [2.75, 3.05) is 39.3 Å². The van der Waals surface area contributed by atoms with Gasteiger partial charge in [0, 0.05) is 32.7 Å². The number of nitrogens with zero attached hydrogens (tertiary/aromatic N) is 1. The normalized spacial score (nSPS) is 17.8. The van der Waals surface area contributed by atoms with Gasteiger partial charge in [-0.15, -0.1) is 0 Å². The Bertz CT molecular complexity index is 215. The third-order valence-corrected chi connectivity index (χ3v) is 2.40. The van der Waals surface area contributed by atoms with Gasteiger partial charge in [-0.3, -0.25) is 4.90 Å². The van der Waals surface area contributed by atoms with Crippen molar-refractivity contribution < 1.29 is 9.53 Å². The molecule has 0 aromatic carbocycles. The van der Waals surface area contributed by atoms with Crippen molar-refractivity contribution in [3.05, 3.63) is 11.1 Å². The molecular weight excluding hydrogens is 248 g/mol. The SMILES string of the molecule is C=C(Br)C(=O)OCCN1CCNCC1. The van der Waals surface area contributed by atoms with Gasteiger partial charge in [-0.25, -0.2) is 4.79 Å². The van der Waals surface area contributed by atoms with Gasteiger partial charge in [0.1, 0.15) is 6.61 Å². The highest BCUT2D eigenvalue weighted by atomic mass is 79.9. The Morgan fingerprint density at radius 3 is 2.71 bits per heavy atom. The monoisotopic (exact) mass is 262 g/mol. The zero-order valence-corrected chi connectivity index (χ0v) is 9.68. The Labute approximate surface area is 92.4 Å². The minimum absolute atomic E-state index is 0.276. The lowest BCUT2D eigenvalue weighted by Gasteiger charge is -2.26. The van der Waals surface area contributed by atoms with Crippen LogP contribution in [-0.4, -0.2) is 50.2 Å². The fraction of sp³-hybridized carbons (Fsp3) is 0.667. The smallest absolute Gasteiger partial charge is 0.344 e. The van der Waals surface area contributed by atoms with Crippen LogP contribution >= 0.6 is 15.9 Å². The molecule has 1 saturated heterocycles. The van der Waals surface area contributed by atoms with Crippen molar-refractivity contribution in [1.82, 2.24) is 10.2 Å². The fourth-order valence-electron chi connectivity index (χ4n) is 1.28. The zero-order chi connectivity index (χ0) is 10.4. The Kier molecular flexibility index (Phi) is 5.14. The highest BCUT2D eigenvalue weighted by Crippen LogP contribution is 2.02. The number of esters is 1. The van der Waals surface area contributed by atoms with Crippen LogP contribution < -0.4 is 5.32 Å². The van der Waals surface area contributed by atoms with Crippen LogP contribution in [0.4, 0.5) is 0 Å². The Balaban J connectivity index is 2.08. The number of halogens is 1. The third-order valence-electron chi connectivity index (χ3n) is 2.07. The summed E-state index contributed by atoms with van der Waals surface area (Å²) in [5.41, 5.74) is 0. The molecule has 1 heterocycles. The van der Waals surface area contributed by atoms with Crippen LogP contribution in [0, 0.1) is 0 Å². The second kappa shape index (κ2) is 6.16. The number of carbonyl (C=O) groups is 1. The van der Waals surface area contributed by atoms with E-state index in [-0.39, 0.29) is 10.5 Å². The molecular formula is C9H15BrN2O2. The third kappa shape index (κ3) is 4.21. The van der Waals surface area contributed by atoms with E-state index in [4.69, 9.17) is 4.74 Å². The van der Waals surface area contributed by atoms with Gasteiger partial charge in [-0.2, -0.15) is 0 Å². The molecule has 0 saturated carbocycles. The number of carbonyl (C=O) groups excluding carboxylic acids is 1. The Morgan fingerprint density at radius 1 is 1.50 bits per heavy atom. The van der Waals surface area contributed by atoms with Gasteiger partial charge in [-0.1, -0.05) is 6.58 Å². The van der Waals surface area contributed by atoms with E-state index in [2.05, 4.69) is 32.7 Å². The summed E-state index contributed by atoms with van der Waals surface area (Å²) >= 11 is 2.97. The molecule has 5 heteroatoms. The zero-order valence-electron chi connectivity index (χ0n) is 8.09. The lowest BCUT2D eigenvalue weighted by atomic mass is 10.4. The van der Waals surface area contributed by atoms with Crippen LogP contribution in [0.25, 0.3) is 0 Å². The number of piperazine rings is 1. The first kappa shape index (κ1) is 11.7. The molecule has 80 valence electrons. The van der Waals surface area contributed by atoms with Crippen LogP contribution in [0.1, 0.15) is 0 Å². The summed E-state index contributed by atoms with van der Waals surface area (Å²) in [6, 6.07) is 0. The van der Waals surface area contributed by atoms with Crippen LogP contribution in [-0.2, 0) is 9.53 Å². The molecule has 14 heavy (non-hydrogen) atoms. The van der Waals surface area contributed by atoms with Gasteiger partial charge in [0.15, 0.2) is 0 Å². The van der Waals surface area contributed by atoms with Crippen molar-refractivity contribution in [2.45, 2.75) is 0 Å². The average Bonchev–Trinajstić information content (AvgIpc) is 2.19. The maximum Gasteiger partial charge on any atom is 0.344 e. The molecule has 0 aromatic heterocycles. The molecule has 0 atom stereocenters. The van der Waals surface area contributed by atoms with E-state index in [1.165, 1.54) is 0 Å². The average molecular weight is 263 g/mol. The lowest BCUT2D eigenvalue weighted by molar-refractivity contribution is -0.138. The molecule has 1 N–H and O–H groups in total. The van der Waals surface area contributed by atoms with E-state index in [0.29, 0.717) is 6.61 Å². The summed E-state index contributed by atoms with van der Waals surface area (Å²) in [6.45, 7) is 8.74. The molecule has 0 bridgehead atoms. The second-order valence-corrected chi connectivity index (χ2v) is 4.09. The number of hydrogen-bond donors (Lipinski definition) is 1. The molecule has 1 aliphatic rings. The van der Waals surface area contributed by atoms with Crippen molar-refractivity contribution >= 4 is 21.9 Å². The van der Waals surface area contributed by atoms with E-state index in [1.54, 1.807) is 0 Å². The van der Waals surface area contributed by atoms with Gasteiger partial charge in [0.2, 0.25) is 0 Å². The van der Waals surface area contributed by atoms with Crippen LogP contribution in [0.2, 0.25) is 0 Å². The quantitative estimate of drug-likeness (QED) is 0.587. The van der Waals surface area contributed by atoms with Crippen LogP contribution in [0.3, 0.4) is 0 Å². The highest BCUT2D eigenvalue weighted by Gasteiger charge is 2.10. The van der Waals surface area contributed by atoms with Crippen molar-refractivity contribution in [3.8, 4) is 0 Å². The maximum absolute atomic E-state index is 11.0. The molecule has 0 radical (unpaired) electrons. The molecule has 0 aromatic rings. The topological polar surface area (TPSA) is 41.6 Å². The second-order valence-electron chi connectivity index (χ2n) is 3.13. The van der Waals surface area contributed by atoms with E-state index >= 15 is 0 Å². The van der Waals surface area contributed by atoms with Gasteiger partial charge in [0.05, 0.1) is 4.48 Å². The molecule has 0 spiro atoms. The number of hydrogen-bond acceptors (Lipinski definition) is 4. The maximum atomic E-state index is 11.0. The molecule has 1 aliphatic heterocycles. The molecule has 1 fully saturated rings. The Morgan fingerprint density at radius 2 is 2.14 bits per heavy atom. The number of nitrogens with one attached hydrogen (secondary N) is 1. The summed E-state index contributed by atoms with van der Waals surface area (Å²) in [6.07, 6.45) is 0. The van der Waals surface area contributed by atoms with Crippen LogP contribution in [0.5, 0.6) is 0 Å². The summed E-state index contributed by atoms with van der Waals surface area (Å²) in [5.74, 6) is -0.375. The van der Waals surface area contributed by atoms with Crippen molar-refractivity contribution in [3.63, 3.8) is 0 Å². The summed E-state index contributed by atoms with van der Waals surface area (Å²) in [5, 5.41) is 3.26. The minimum atomic E-state index is -0.375. The first-order valence-electron chi connectivity index (χ1n) is 4.65. The summed E-state index contributed by atoms with van der Waals surface area (Å²) < 4.78 is 5.23. The molecule has 0 amide bonds. The van der Waals surface area contributed by atoms with Crippen molar-refractivity contribution in [1.29, 1.82) is 0 Å². The Hall–Kier alpha value is -0.390. The van der Waals surface area contributed by atoms with E-state index in [1.807, 2.05) is 0 Å². The van der Waals surface area contributed by atoms with E-state index in [0.717, 1.165) is 32.7 Å². The first-order valence-corrected chi connectivity index (χ1v) is 5.44. The molecule has 1 rings (SSSR count).